The summed E-state index contributed by atoms with van der Waals surface area (Å²) in [6.07, 6.45) is 6.10. The topological polar surface area (TPSA) is 62.2 Å². The van der Waals surface area contributed by atoms with Crippen molar-refractivity contribution >= 4 is 11.6 Å². The van der Waals surface area contributed by atoms with E-state index in [1.807, 2.05) is 0 Å². The van der Waals surface area contributed by atoms with Crippen molar-refractivity contribution in [3.8, 4) is 0 Å². The maximum atomic E-state index is 11.9. The number of aliphatic hydroxyl groups excluding tert-OH is 1. The number of nitrogens with zero attached hydrogens (tertiary/aromatic N) is 1. The van der Waals surface area contributed by atoms with Crippen molar-refractivity contribution in [3.63, 3.8) is 0 Å². The molecule has 0 saturated heterocycles. The Hall–Kier alpha value is -1.42. The molecule has 0 spiro atoms. The zero-order chi connectivity index (χ0) is 11.4. The van der Waals surface area contributed by atoms with Gasteiger partial charge in [-0.05, 0) is 37.8 Å². The molecule has 4 nitrogen and oxygen atoms in total. The maximum absolute atomic E-state index is 11.9. The highest BCUT2D eigenvalue weighted by Gasteiger charge is 2.24. The van der Waals surface area contributed by atoms with Crippen molar-refractivity contribution in [1.82, 2.24) is 4.98 Å². The van der Waals surface area contributed by atoms with Gasteiger partial charge in [-0.3, -0.25) is 9.78 Å². The van der Waals surface area contributed by atoms with Gasteiger partial charge in [-0.2, -0.15) is 0 Å². The van der Waals surface area contributed by atoms with Crippen LogP contribution in [0.5, 0.6) is 0 Å². The Morgan fingerprint density at radius 3 is 2.50 bits per heavy atom. The van der Waals surface area contributed by atoms with Gasteiger partial charge in [0, 0.05) is 24.0 Å². The maximum Gasteiger partial charge on any atom is 0.227 e. The molecule has 1 aromatic heterocycles. The first-order valence-corrected chi connectivity index (χ1v) is 5.64. The van der Waals surface area contributed by atoms with E-state index in [-0.39, 0.29) is 17.9 Å². The fourth-order valence-electron chi connectivity index (χ4n) is 2.02. The smallest absolute Gasteiger partial charge is 0.227 e. The van der Waals surface area contributed by atoms with Crippen LogP contribution in [0.4, 0.5) is 5.69 Å². The lowest BCUT2D eigenvalue weighted by molar-refractivity contribution is -0.121. The summed E-state index contributed by atoms with van der Waals surface area (Å²) in [5.74, 6) is 0.0923. The number of aliphatic hydroxyl groups is 1. The average Bonchev–Trinajstić information content (AvgIpc) is 2.31. The number of aromatic nitrogens is 1. The van der Waals surface area contributed by atoms with Crippen LogP contribution in [-0.4, -0.2) is 22.1 Å². The number of hydrogen-bond donors (Lipinski definition) is 2. The van der Waals surface area contributed by atoms with Gasteiger partial charge in [-0.15, -0.1) is 0 Å². The SMILES string of the molecule is O=C(Nc1ccncc1)C1CCC(O)CC1. The molecule has 2 N–H and O–H groups in total. The van der Waals surface area contributed by atoms with E-state index in [9.17, 15) is 9.90 Å². The Bertz CT molecular complexity index is 345. The van der Waals surface area contributed by atoms with Crippen LogP contribution in [0.15, 0.2) is 24.5 Å². The van der Waals surface area contributed by atoms with E-state index < -0.39 is 0 Å². The Morgan fingerprint density at radius 1 is 1.25 bits per heavy atom. The van der Waals surface area contributed by atoms with Crippen LogP contribution in [0.25, 0.3) is 0 Å². The summed E-state index contributed by atoms with van der Waals surface area (Å²) in [5.41, 5.74) is 0.783. The number of pyridine rings is 1. The summed E-state index contributed by atoms with van der Waals surface area (Å²) in [5, 5.41) is 12.2. The molecule has 1 heterocycles. The van der Waals surface area contributed by atoms with Crippen molar-refractivity contribution < 1.29 is 9.90 Å². The summed E-state index contributed by atoms with van der Waals surface area (Å²) in [4.78, 5) is 15.8. The molecular formula is C12H16N2O2. The second-order valence-electron chi connectivity index (χ2n) is 4.23. The van der Waals surface area contributed by atoms with Crippen LogP contribution in [0.1, 0.15) is 25.7 Å². The molecule has 16 heavy (non-hydrogen) atoms. The lowest BCUT2D eigenvalue weighted by Crippen LogP contribution is -2.28. The third kappa shape index (κ3) is 2.79. The molecule has 1 aliphatic rings. The summed E-state index contributed by atoms with van der Waals surface area (Å²) in [6, 6.07) is 3.55. The first-order chi connectivity index (χ1) is 7.75. The Morgan fingerprint density at radius 2 is 1.88 bits per heavy atom. The normalized spacial score (nSPS) is 25.1. The van der Waals surface area contributed by atoms with E-state index in [0.29, 0.717) is 0 Å². The number of anilines is 1. The van der Waals surface area contributed by atoms with Gasteiger partial charge in [0.2, 0.25) is 5.91 Å². The van der Waals surface area contributed by atoms with Gasteiger partial charge in [-0.1, -0.05) is 0 Å². The minimum atomic E-state index is -0.218. The van der Waals surface area contributed by atoms with Crippen molar-refractivity contribution in [2.45, 2.75) is 31.8 Å². The molecule has 4 heteroatoms. The molecule has 0 aliphatic heterocycles. The highest BCUT2D eigenvalue weighted by Crippen LogP contribution is 2.25. The van der Waals surface area contributed by atoms with E-state index in [1.54, 1.807) is 24.5 Å². The third-order valence-corrected chi connectivity index (χ3v) is 3.02. The van der Waals surface area contributed by atoms with Crippen LogP contribution < -0.4 is 5.32 Å². The minimum Gasteiger partial charge on any atom is -0.393 e. The first kappa shape index (κ1) is 11.1. The van der Waals surface area contributed by atoms with Crippen LogP contribution in [0.3, 0.4) is 0 Å². The average molecular weight is 220 g/mol. The predicted octanol–water partition coefficient (Wildman–Crippen LogP) is 1.57. The lowest BCUT2D eigenvalue weighted by atomic mass is 9.87. The van der Waals surface area contributed by atoms with Crippen LogP contribution >= 0.6 is 0 Å². The molecule has 1 aliphatic carbocycles. The summed E-state index contributed by atoms with van der Waals surface area (Å²) >= 11 is 0. The highest BCUT2D eigenvalue weighted by atomic mass is 16.3. The first-order valence-electron chi connectivity index (χ1n) is 5.64. The largest absolute Gasteiger partial charge is 0.393 e. The number of hydrogen-bond acceptors (Lipinski definition) is 3. The van der Waals surface area contributed by atoms with Gasteiger partial charge in [0.25, 0.3) is 0 Å². The number of amides is 1. The van der Waals surface area contributed by atoms with Crippen molar-refractivity contribution in [1.29, 1.82) is 0 Å². The van der Waals surface area contributed by atoms with E-state index in [1.165, 1.54) is 0 Å². The Balaban J connectivity index is 1.89. The number of carbonyl (C=O) groups excluding carboxylic acids is 1. The minimum absolute atomic E-state index is 0.0385. The fourth-order valence-corrected chi connectivity index (χ4v) is 2.02. The number of carbonyl (C=O) groups is 1. The fraction of sp³-hybridized carbons (Fsp3) is 0.500. The Labute approximate surface area is 94.7 Å². The monoisotopic (exact) mass is 220 g/mol. The van der Waals surface area contributed by atoms with Crippen LogP contribution in [0.2, 0.25) is 0 Å². The second-order valence-corrected chi connectivity index (χ2v) is 4.23. The molecule has 1 saturated carbocycles. The molecule has 1 amide bonds. The second kappa shape index (κ2) is 5.07. The van der Waals surface area contributed by atoms with Crippen molar-refractivity contribution in [2.24, 2.45) is 5.92 Å². The highest BCUT2D eigenvalue weighted by molar-refractivity contribution is 5.92. The van der Waals surface area contributed by atoms with E-state index in [2.05, 4.69) is 10.3 Å². The predicted molar refractivity (Wildman–Crippen MR) is 60.8 cm³/mol. The zero-order valence-corrected chi connectivity index (χ0v) is 9.10. The number of rotatable bonds is 2. The molecule has 0 atom stereocenters. The van der Waals surface area contributed by atoms with Crippen LogP contribution in [0, 0.1) is 5.92 Å². The van der Waals surface area contributed by atoms with E-state index in [0.717, 1.165) is 31.4 Å². The molecule has 2 rings (SSSR count). The molecule has 0 bridgehead atoms. The molecule has 86 valence electrons. The Kier molecular flexibility index (Phi) is 3.51. The van der Waals surface area contributed by atoms with E-state index in [4.69, 9.17) is 0 Å². The summed E-state index contributed by atoms with van der Waals surface area (Å²) in [6.45, 7) is 0. The van der Waals surface area contributed by atoms with Crippen molar-refractivity contribution in [3.05, 3.63) is 24.5 Å². The number of nitrogens with one attached hydrogen (secondary N) is 1. The van der Waals surface area contributed by atoms with Gasteiger partial charge in [-0.25, -0.2) is 0 Å². The van der Waals surface area contributed by atoms with Gasteiger partial charge in [0.05, 0.1) is 6.10 Å². The summed E-state index contributed by atoms with van der Waals surface area (Å²) < 4.78 is 0. The quantitative estimate of drug-likeness (QED) is 0.795. The lowest BCUT2D eigenvalue weighted by Gasteiger charge is -2.24. The molecule has 0 unspecified atom stereocenters. The summed E-state index contributed by atoms with van der Waals surface area (Å²) in [7, 11) is 0. The van der Waals surface area contributed by atoms with Gasteiger partial charge >= 0.3 is 0 Å². The van der Waals surface area contributed by atoms with Gasteiger partial charge in [0.15, 0.2) is 0 Å². The third-order valence-electron chi connectivity index (χ3n) is 3.02. The van der Waals surface area contributed by atoms with Gasteiger partial charge in [0.1, 0.15) is 0 Å². The molecular weight excluding hydrogens is 204 g/mol. The molecule has 1 fully saturated rings. The van der Waals surface area contributed by atoms with Gasteiger partial charge < -0.3 is 10.4 Å². The zero-order valence-electron chi connectivity index (χ0n) is 9.10. The van der Waals surface area contributed by atoms with Crippen molar-refractivity contribution in [2.75, 3.05) is 5.32 Å². The molecule has 1 aromatic rings. The molecule has 0 aromatic carbocycles. The van der Waals surface area contributed by atoms with Crippen LogP contribution in [-0.2, 0) is 4.79 Å². The standard InChI is InChI=1S/C12H16N2O2/c15-11-3-1-9(2-4-11)12(16)14-10-5-7-13-8-6-10/h5-9,11,15H,1-4H2,(H,13,14,16). The molecule has 0 radical (unpaired) electrons. The van der Waals surface area contributed by atoms with E-state index >= 15 is 0 Å².